The van der Waals surface area contributed by atoms with Crippen LogP contribution in [0.1, 0.15) is 36.1 Å². The Morgan fingerprint density at radius 1 is 1.05 bits per heavy atom. The second-order valence-corrected chi connectivity index (χ2v) is 5.96. The zero-order valence-electron chi connectivity index (χ0n) is 13.1. The van der Waals surface area contributed by atoms with Gasteiger partial charge in [-0.15, -0.1) is 0 Å². The van der Waals surface area contributed by atoms with Gasteiger partial charge in [-0.2, -0.15) is 0 Å². The van der Waals surface area contributed by atoms with Gasteiger partial charge >= 0.3 is 0 Å². The molecule has 2 heterocycles. The smallest absolute Gasteiger partial charge is 0.129 e. The van der Waals surface area contributed by atoms with Crippen LogP contribution in [0.25, 0.3) is 0 Å². The van der Waals surface area contributed by atoms with Gasteiger partial charge in [0.25, 0.3) is 0 Å². The first-order chi connectivity index (χ1) is 10.9. The zero-order valence-corrected chi connectivity index (χ0v) is 13.1. The van der Waals surface area contributed by atoms with Crippen molar-refractivity contribution in [1.82, 2.24) is 10.3 Å². The third-order valence-corrected chi connectivity index (χ3v) is 4.16. The van der Waals surface area contributed by atoms with Gasteiger partial charge in [0, 0.05) is 18.8 Å². The van der Waals surface area contributed by atoms with Gasteiger partial charge in [0.15, 0.2) is 0 Å². The molecule has 1 aliphatic rings. The van der Waals surface area contributed by atoms with E-state index in [4.69, 9.17) is 4.98 Å². The maximum Gasteiger partial charge on any atom is 0.129 e. The molecule has 0 spiro atoms. The van der Waals surface area contributed by atoms with Crippen LogP contribution in [0.15, 0.2) is 42.5 Å². The highest BCUT2D eigenvalue weighted by Gasteiger charge is 2.09. The lowest BCUT2D eigenvalue weighted by Crippen LogP contribution is -2.15. The van der Waals surface area contributed by atoms with Crippen LogP contribution in [0.2, 0.25) is 0 Å². The molecule has 0 aliphatic carbocycles. The molecule has 2 aromatic rings. The highest BCUT2D eigenvalue weighted by Crippen LogP contribution is 2.20. The molecule has 0 fully saturated rings. The molecule has 0 amide bonds. The predicted octanol–water partition coefficient (Wildman–Crippen LogP) is 3.55. The molecule has 2 N–H and O–H groups in total. The molecule has 3 nitrogen and oxygen atoms in total. The Labute approximate surface area is 133 Å². The lowest BCUT2D eigenvalue weighted by atomic mass is 10.1. The molecule has 116 valence electrons. The minimum absolute atomic E-state index is 0.960. The van der Waals surface area contributed by atoms with Gasteiger partial charge in [-0.3, -0.25) is 0 Å². The zero-order chi connectivity index (χ0) is 15.0. The van der Waals surface area contributed by atoms with Crippen molar-refractivity contribution in [3.63, 3.8) is 0 Å². The molecule has 1 aromatic heterocycles. The number of hydrogen-bond donors (Lipinski definition) is 2. The SMILES string of the molecule is c1ccc(CNCCCCc2ccc3c(n2)NCCC3)cc1. The number of aromatic nitrogens is 1. The molecule has 0 radical (unpaired) electrons. The fourth-order valence-electron chi connectivity index (χ4n) is 2.89. The quantitative estimate of drug-likeness (QED) is 0.767. The highest BCUT2D eigenvalue weighted by molar-refractivity contribution is 5.46. The van der Waals surface area contributed by atoms with E-state index in [1.165, 1.54) is 42.5 Å². The van der Waals surface area contributed by atoms with E-state index in [-0.39, 0.29) is 0 Å². The van der Waals surface area contributed by atoms with Crippen LogP contribution in [0.3, 0.4) is 0 Å². The minimum atomic E-state index is 0.960. The number of hydrogen-bond acceptors (Lipinski definition) is 3. The lowest BCUT2D eigenvalue weighted by Gasteiger charge is -2.17. The molecule has 0 unspecified atom stereocenters. The first-order valence-corrected chi connectivity index (χ1v) is 8.39. The van der Waals surface area contributed by atoms with Gasteiger partial charge < -0.3 is 10.6 Å². The van der Waals surface area contributed by atoms with Gasteiger partial charge in [0.05, 0.1) is 0 Å². The molecule has 3 heteroatoms. The Morgan fingerprint density at radius 3 is 2.86 bits per heavy atom. The third-order valence-electron chi connectivity index (χ3n) is 4.16. The number of pyridine rings is 1. The van der Waals surface area contributed by atoms with E-state index in [9.17, 15) is 0 Å². The summed E-state index contributed by atoms with van der Waals surface area (Å²) in [6.07, 6.45) is 5.84. The number of unbranched alkanes of at least 4 members (excludes halogenated alkanes) is 1. The van der Waals surface area contributed by atoms with E-state index >= 15 is 0 Å². The molecule has 0 saturated carbocycles. The molecular weight excluding hydrogens is 270 g/mol. The van der Waals surface area contributed by atoms with Crippen LogP contribution in [-0.2, 0) is 19.4 Å². The van der Waals surface area contributed by atoms with E-state index in [1.807, 2.05) is 0 Å². The van der Waals surface area contributed by atoms with Gasteiger partial charge in [-0.05, 0) is 55.8 Å². The number of rotatable bonds is 7. The summed E-state index contributed by atoms with van der Waals surface area (Å²) in [4.78, 5) is 4.75. The van der Waals surface area contributed by atoms with Gasteiger partial charge in [-0.1, -0.05) is 36.4 Å². The van der Waals surface area contributed by atoms with Crippen molar-refractivity contribution in [1.29, 1.82) is 0 Å². The summed E-state index contributed by atoms with van der Waals surface area (Å²) in [5, 5.41) is 6.91. The van der Waals surface area contributed by atoms with Crippen molar-refractivity contribution in [3.05, 3.63) is 59.3 Å². The van der Waals surface area contributed by atoms with E-state index in [0.717, 1.165) is 31.9 Å². The second kappa shape index (κ2) is 7.95. The van der Waals surface area contributed by atoms with Crippen LogP contribution in [0, 0.1) is 0 Å². The lowest BCUT2D eigenvalue weighted by molar-refractivity contribution is 0.619. The van der Waals surface area contributed by atoms with E-state index < -0.39 is 0 Å². The number of nitrogens with zero attached hydrogens (tertiary/aromatic N) is 1. The van der Waals surface area contributed by atoms with E-state index in [1.54, 1.807) is 0 Å². The first kappa shape index (κ1) is 15.0. The second-order valence-electron chi connectivity index (χ2n) is 5.96. The summed E-state index contributed by atoms with van der Waals surface area (Å²) < 4.78 is 0. The highest BCUT2D eigenvalue weighted by atomic mass is 15.0. The third kappa shape index (κ3) is 4.31. The molecule has 0 bridgehead atoms. The Balaban J connectivity index is 1.35. The normalized spacial score (nSPS) is 13.5. The summed E-state index contributed by atoms with van der Waals surface area (Å²) in [5.74, 6) is 1.12. The van der Waals surface area contributed by atoms with Crippen molar-refractivity contribution >= 4 is 5.82 Å². The standard InChI is InChI=1S/C19H25N3/c1-2-7-16(8-3-1)15-20-13-5-4-10-18-12-11-17-9-6-14-21-19(17)22-18/h1-3,7-8,11-12,20H,4-6,9-10,13-15H2,(H,21,22). The van der Waals surface area contributed by atoms with Crippen molar-refractivity contribution in [2.24, 2.45) is 0 Å². The summed E-state index contributed by atoms with van der Waals surface area (Å²) in [5.41, 5.74) is 3.95. The molecule has 0 atom stereocenters. The van der Waals surface area contributed by atoms with Crippen LogP contribution < -0.4 is 10.6 Å². The largest absolute Gasteiger partial charge is 0.370 e. The Kier molecular flexibility index (Phi) is 5.43. The Hall–Kier alpha value is -1.87. The average Bonchev–Trinajstić information content (AvgIpc) is 2.59. The monoisotopic (exact) mass is 295 g/mol. The first-order valence-electron chi connectivity index (χ1n) is 8.39. The van der Waals surface area contributed by atoms with Crippen molar-refractivity contribution < 1.29 is 0 Å². The summed E-state index contributed by atoms with van der Waals surface area (Å²) in [7, 11) is 0. The number of benzene rings is 1. The topological polar surface area (TPSA) is 37.0 Å². The maximum absolute atomic E-state index is 4.75. The van der Waals surface area contributed by atoms with Crippen molar-refractivity contribution in [2.75, 3.05) is 18.4 Å². The molecule has 0 saturated heterocycles. The van der Waals surface area contributed by atoms with Crippen LogP contribution in [0.4, 0.5) is 5.82 Å². The Morgan fingerprint density at radius 2 is 1.95 bits per heavy atom. The van der Waals surface area contributed by atoms with Gasteiger partial charge in [0.2, 0.25) is 0 Å². The predicted molar refractivity (Wildman–Crippen MR) is 92.1 cm³/mol. The Bertz CT molecular complexity index is 580. The van der Waals surface area contributed by atoms with Crippen LogP contribution >= 0.6 is 0 Å². The van der Waals surface area contributed by atoms with Crippen LogP contribution in [0.5, 0.6) is 0 Å². The van der Waals surface area contributed by atoms with Crippen molar-refractivity contribution in [2.45, 2.75) is 38.6 Å². The number of fused-ring (bicyclic) bond motifs is 1. The van der Waals surface area contributed by atoms with Gasteiger partial charge in [-0.25, -0.2) is 4.98 Å². The number of anilines is 1. The minimum Gasteiger partial charge on any atom is -0.370 e. The molecule has 1 aliphatic heterocycles. The van der Waals surface area contributed by atoms with Crippen LogP contribution in [-0.4, -0.2) is 18.1 Å². The summed E-state index contributed by atoms with van der Waals surface area (Å²) in [6, 6.07) is 15.0. The molecule has 3 rings (SSSR count). The fourth-order valence-corrected chi connectivity index (χ4v) is 2.89. The van der Waals surface area contributed by atoms with Gasteiger partial charge in [0.1, 0.15) is 5.82 Å². The average molecular weight is 295 g/mol. The summed E-state index contributed by atoms with van der Waals surface area (Å²) >= 11 is 0. The number of aryl methyl sites for hydroxylation is 2. The van der Waals surface area contributed by atoms with E-state index in [2.05, 4.69) is 53.1 Å². The molecule has 22 heavy (non-hydrogen) atoms. The fraction of sp³-hybridized carbons (Fsp3) is 0.421. The number of nitrogens with one attached hydrogen (secondary N) is 2. The van der Waals surface area contributed by atoms with Crippen molar-refractivity contribution in [3.8, 4) is 0 Å². The summed E-state index contributed by atoms with van der Waals surface area (Å²) in [6.45, 7) is 3.09. The molecule has 1 aromatic carbocycles. The molecular formula is C19H25N3. The van der Waals surface area contributed by atoms with E-state index in [0.29, 0.717) is 0 Å². The maximum atomic E-state index is 4.75.